The molecule has 2 nitrogen and oxygen atoms in total. The Labute approximate surface area is 87.4 Å². The zero-order chi connectivity index (χ0) is 10.8. The summed E-state index contributed by atoms with van der Waals surface area (Å²) in [4.78, 5) is 11.8. The smallest absolute Gasteiger partial charge is 0.230 e. The van der Waals surface area contributed by atoms with Gasteiger partial charge in [-0.15, -0.1) is 0 Å². The quantitative estimate of drug-likeness (QED) is 0.695. The molecule has 0 aromatic heterocycles. The van der Waals surface area contributed by atoms with Gasteiger partial charge in [0.15, 0.2) is 5.76 Å². The Kier molecular flexibility index (Phi) is 2.54. The lowest BCUT2D eigenvalue weighted by molar-refractivity contribution is 0.0938. The van der Waals surface area contributed by atoms with Crippen LogP contribution in [0.15, 0.2) is 30.0 Å². The number of Topliss-reactive ketones (excluding diaryl/α,β-unsaturated/α-hetero) is 1. The van der Waals surface area contributed by atoms with Crippen LogP contribution in [0.1, 0.15) is 22.3 Å². The van der Waals surface area contributed by atoms with Crippen molar-refractivity contribution < 1.29 is 13.9 Å². The third kappa shape index (κ3) is 1.77. The highest BCUT2D eigenvalue weighted by Crippen LogP contribution is 2.19. The van der Waals surface area contributed by atoms with E-state index in [2.05, 4.69) is 0 Å². The standard InChI is InChI=1S/C12H11FO2/c1-8-4-2-5-9(11(8)13)12(14)10-6-3-7-15-10/h2,4-6H,3,7H2,1H3. The maximum absolute atomic E-state index is 13.6. The molecule has 2 rings (SSSR count). The number of benzene rings is 1. The van der Waals surface area contributed by atoms with Crippen LogP contribution in [0.4, 0.5) is 4.39 Å². The average molecular weight is 206 g/mol. The zero-order valence-electron chi connectivity index (χ0n) is 8.42. The van der Waals surface area contributed by atoms with E-state index in [4.69, 9.17) is 4.74 Å². The Bertz CT molecular complexity index is 435. The van der Waals surface area contributed by atoms with Crippen LogP contribution < -0.4 is 0 Å². The lowest BCUT2D eigenvalue weighted by Crippen LogP contribution is -2.07. The number of rotatable bonds is 2. The Balaban J connectivity index is 2.37. The van der Waals surface area contributed by atoms with Gasteiger partial charge in [0.1, 0.15) is 5.82 Å². The zero-order valence-corrected chi connectivity index (χ0v) is 8.42. The molecule has 0 saturated carbocycles. The molecule has 0 atom stereocenters. The van der Waals surface area contributed by atoms with Crippen molar-refractivity contribution >= 4 is 5.78 Å². The SMILES string of the molecule is Cc1cccc(C(=O)C2=CCCO2)c1F. The number of hydrogen-bond donors (Lipinski definition) is 0. The van der Waals surface area contributed by atoms with Crippen LogP contribution in [0.2, 0.25) is 0 Å². The number of hydrogen-bond acceptors (Lipinski definition) is 2. The molecule has 3 heteroatoms. The fraction of sp³-hybridized carbons (Fsp3) is 0.250. The molecule has 0 amide bonds. The number of carbonyl (C=O) groups excluding carboxylic acids is 1. The summed E-state index contributed by atoms with van der Waals surface area (Å²) in [6, 6.07) is 4.78. The van der Waals surface area contributed by atoms with E-state index < -0.39 is 5.82 Å². The molecule has 1 heterocycles. The molecule has 0 fully saturated rings. The normalized spacial score (nSPS) is 14.7. The highest BCUT2D eigenvalue weighted by Gasteiger charge is 2.20. The van der Waals surface area contributed by atoms with Crippen LogP contribution in [-0.2, 0) is 4.74 Å². The molecule has 1 aliphatic rings. The van der Waals surface area contributed by atoms with Crippen LogP contribution in [0.5, 0.6) is 0 Å². The second-order valence-corrected chi connectivity index (χ2v) is 3.47. The van der Waals surface area contributed by atoms with E-state index in [0.717, 1.165) is 0 Å². The first kappa shape index (κ1) is 9.90. The Hall–Kier alpha value is -1.64. The van der Waals surface area contributed by atoms with Gasteiger partial charge in [0.25, 0.3) is 0 Å². The van der Waals surface area contributed by atoms with Gasteiger partial charge in [0.05, 0.1) is 12.2 Å². The molecular formula is C12H11FO2. The molecule has 1 aliphatic heterocycles. The van der Waals surface area contributed by atoms with Gasteiger partial charge in [-0.2, -0.15) is 0 Å². The molecule has 0 saturated heterocycles. The van der Waals surface area contributed by atoms with E-state index in [-0.39, 0.29) is 17.1 Å². The minimum atomic E-state index is -0.459. The van der Waals surface area contributed by atoms with Gasteiger partial charge in [-0.05, 0) is 24.6 Å². The number of aryl methyl sites for hydroxylation is 1. The molecule has 1 aromatic carbocycles. The monoisotopic (exact) mass is 206 g/mol. The van der Waals surface area contributed by atoms with Crippen molar-refractivity contribution in [1.82, 2.24) is 0 Å². The van der Waals surface area contributed by atoms with Gasteiger partial charge in [-0.3, -0.25) is 4.79 Å². The van der Waals surface area contributed by atoms with Crippen LogP contribution in [0.3, 0.4) is 0 Å². The lowest BCUT2D eigenvalue weighted by Gasteiger charge is -2.05. The summed E-state index contributed by atoms with van der Waals surface area (Å²) in [6.45, 7) is 2.14. The van der Waals surface area contributed by atoms with Crippen molar-refractivity contribution in [3.63, 3.8) is 0 Å². The van der Waals surface area contributed by atoms with Gasteiger partial charge < -0.3 is 4.74 Å². The summed E-state index contributed by atoms with van der Waals surface area (Å²) in [5.74, 6) is -0.563. The van der Waals surface area contributed by atoms with E-state index in [0.29, 0.717) is 18.6 Å². The van der Waals surface area contributed by atoms with Crippen molar-refractivity contribution in [2.45, 2.75) is 13.3 Å². The van der Waals surface area contributed by atoms with Crippen molar-refractivity contribution in [2.75, 3.05) is 6.61 Å². The van der Waals surface area contributed by atoms with E-state index >= 15 is 0 Å². The number of ether oxygens (including phenoxy) is 1. The molecule has 0 bridgehead atoms. The van der Waals surface area contributed by atoms with Crippen molar-refractivity contribution in [1.29, 1.82) is 0 Å². The van der Waals surface area contributed by atoms with E-state index in [1.807, 2.05) is 0 Å². The van der Waals surface area contributed by atoms with Crippen LogP contribution in [0, 0.1) is 12.7 Å². The molecule has 0 radical (unpaired) electrons. The first-order valence-electron chi connectivity index (χ1n) is 4.83. The second kappa shape index (κ2) is 3.85. The summed E-state index contributed by atoms with van der Waals surface area (Å²) in [5.41, 5.74) is 0.558. The van der Waals surface area contributed by atoms with E-state index in [1.54, 1.807) is 25.1 Å². The highest BCUT2D eigenvalue weighted by atomic mass is 19.1. The molecule has 1 aromatic rings. The number of ketones is 1. The highest BCUT2D eigenvalue weighted by molar-refractivity contribution is 6.07. The lowest BCUT2D eigenvalue weighted by atomic mass is 10.1. The Morgan fingerprint density at radius 2 is 2.27 bits per heavy atom. The van der Waals surface area contributed by atoms with Gasteiger partial charge in [-0.1, -0.05) is 12.1 Å². The molecule has 0 N–H and O–H groups in total. The molecule has 78 valence electrons. The number of allylic oxidation sites excluding steroid dienone is 1. The average Bonchev–Trinajstić information content (AvgIpc) is 2.74. The molecule has 15 heavy (non-hydrogen) atoms. The molecule has 0 unspecified atom stereocenters. The second-order valence-electron chi connectivity index (χ2n) is 3.47. The van der Waals surface area contributed by atoms with Gasteiger partial charge in [0.2, 0.25) is 5.78 Å². The largest absolute Gasteiger partial charge is 0.489 e. The van der Waals surface area contributed by atoms with Gasteiger partial charge in [-0.25, -0.2) is 4.39 Å². The van der Waals surface area contributed by atoms with Crippen molar-refractivity contribution in [3.8, 4) is 0 Å². The van der Waals surface area contributed by atoms with Crippen molar-refractivity contribution in [2.24, 2.45) is 0 Å². The minimum absolute atomic E-state index is 0.0863. The fourth-order valence-electron chi connectivity index (χ4n) is 1.53. The van der Waals surface area contributed by atoms with Gasteiger partial charge in [0, 0.05) is 6.42 Å². The predicted octanol–water partition coefficient (Wildman–Crippen LogP) is 2.62. The maximum Gasteiger partial charge on any atom is 0.230 e. The molecule has 0 spiro atoms. The number of carbonyl (C=O) groups is 1. The molecule has 0 aliphatic carbocycles. The van der Waals surface area contributed by atoms with Crippen LogP contribution in [0.25, 0.3) is 0 Å². The van der Waals surface area contributed by atoms with Crippen LogP contribution >= 0.6 is 0 Å². The van der Waals surface area contributed by atoms with Crippen LogP contribution in [-0.4, -0.2) is 12.4 Å². The summed E-state index contributed by atoms with van der Waals surface area (Å²) < 4.78 is 18.7. The first-order chi connectivity index (χ1) is 7.20. The fourth-order valence-corrected chi connectivity index (χ4v) is 1.53. The first-order valence-corrected chi connectivity index (χ1v) is 4.83. The Morgan fingerprint density at radius 1 is 1.47 bits per heavy atom. The third-order valence-corrected chi connectivity index (χ3v) is 2.37. The summed E-state index contributed by atoms with van der Waals surface area (Å²) >= 11 is 0. The predicted molar refractivity (Wildman–Crippen MR) is 54.1 cm³/mol. The minimum Gasteiger partial charge on any atom is -0.489 e. The Morgan fingerprint density at radius 3 is 2.93 bits per heavy atom. The van der Waals surface area contributed by atoms with E-state index in [1.165, 1.54) is 6.07 Å². The molecular weight excluding hydrogens is 195 g/mol. The topological polar surface area (TPSA) is 26.3 Å². The summed E-state index contributed by atoms with van der Waals surface area (Å²) in [5, 5.41) is 0. The van der Waals surface area contributed by atoms with Gasteiger partial charge >= 0.3 is 0 Å². The van der Waals surface area contributed by atoms with E-state index in [9.17, 15) is 9.18 Å². The summed E-state index contributed by atoms with van der Waals surface area (Å²) in [6.07, 6.45) is 2.42. The van der Waals surface area contributed by atoms with Crippen molar-refractivity contribution in [3.05, 3.63) is 47.0 Å². The summed E-state index contributed by atoms with van der Waals surface area (Å²) in [7, 11) is 0. The number of halogens is 1. The maximum atomic E-state index is 13.6. The third-order valence-electron chi connectivity index (χ3n) is 2.37.